The SMILES string of the molecule is C=CCOCCCCC.NCCS(=O)(=O)O.O=C(O)CC(C(=O)O)S(=O)(=O)O.O=S(=O)(O)O. The van der Waals surface area contributed by atoms with Crippen molar-refractivity contribution in [1.29, 1.82) is 0 Å². The molecule has 1 atom stereocenters. The number of nitrogens with two attached hydrogens (primary N) is 1. The molecule has 8 N–H and O–H groups in total. The van der Waals surface area contributed by atoms with Gasteiger partial charge in [-0.2, -0.15) is 25.3 Å². The predicted molar refractivity (Wildman–Crippen MR) is 115 cm³/mol. The molecular weight excluding hydrogens is 518 g/mol. The zero-order valence-electron chi connectivity index (χ0n) is 17.7. The molecule has 0 spiro atoms. The molecule has 1 unspecified atom stereocenters. The Morgan fingerprint density at radius 3 is 1.64 bits per heavy atom. The molecule has 0 aromatic rings. The second-order valence-electron chi connectivity index (χ2n) is 5.53. The van der Waals surface area contributed by atoms with Crippen LogP contribution in [0.2, 0.25) is 0 Å². The third-order valence-corrected chi connectivity index (χ3v) is 4.34. The Balaban J connectivity index is -0.000000178. The lowest BCUT2D eigenvalue weighted by molar-refractivity contribution is -0.143. The molecule has 0 radical (unpaired) electrons. The van der Waals surface area contributed by atoms with E-state index in [-0.39, 0.29) is 12.3 Å². The van der Waals surface area contributed by atoms with Gasteiger partial charge in [-0.25, -0.2) is 0 Å². The van der Waals surface area contributed by atoms with Crippen LogP contribution in [0.5, 0.6) is 0 Å². The lowest BCUT2D eigenvalue weighted by Crippen LogP contribution is -2.31. The molecule has 0 bridgehead atoms. The summed E-state index contributed by atoms with van der Waals surface area (Å²) in [6, 6.07) is 0. The first-order valence-corrected chi connectivity index (χ1v) is 13.2. The van der Waals surface area contributed by atoms with Gasteiger partial charge in [0.05, 0.1) is 18.8 Å². The first kappa shape index (κ1) is 38.5. The second-order valence-corrected chi connectivity index (χ2v) is 9.60. The highest BCUT2D eigenvalue weighted by Crippen LogP contribution is 2.04. The van der Waals surface area contributed by atoms with E-state index in [9.17, 15) is 26.4 Å². The second kappa shape index (κ2) is 20.9. The summed E-state index contributed by atoms with van der Waals surface area (Å²) in [7, 11) is -13.3. The van der Waals surface area contributed by atoms with Crippen molar-refractivity contribution in [3.8, 4) is 0 Å². The summed E-state index contributed by atoms with van der Waals surface area (Å²) in [5.41, 5.74) is 4.78. The van der Waals surface area contributed by atoms with E-state index in [2.05, 4.69) is 13.5 Å². The van der Waals surface area contributed by atoms with Gasteiger partial charge in [0, 0.05) is 13.2 Å². The Labute approximate surface area is 192 Å². The van der Waals surface area contributed by atoms with Gasteiger partial charge in [-0.3, -0.25) is 27.8 Å². The molecule has 16 nitrogen and oxygen atoms in total. The van der Waals surface area contributed by atoms with Crippen molar-refractivity contribution >= 4 is 42.6 Å². The van der Waals surface area contributed by atoms with E-state index in [1.165, 1.54) is 19.3 Å². The summed E-state index contributed by atoms with van der Waals surface area (Å²) < 4.78 is 92.7. The predicted octanol–water partition coefficient (Wildman–Crippen LogP) is -0.639. The van der Waals surface area contributed by atoms with Crippen molar-refractivity contribution < 1.29 is 68.0 Å². The van der Waals surface area contributed by atoms with Crippen LogP contribution in [-0.4, -0.2) is 96.4 Å². The Morgan fingerprint density at radius 2 is 1.45 bits per heavy atom. The van der Waals surface area contributed by atoms with Crippen LogP contribution in [-0.2, 0) is 45.0 Å². The van der Waals surface area contributed by atoms with Gasteiger partial charge in [-0.15, -0.1) is 6.58 Å². The number of hydrogen-bond acceptors (Lipinski definition) is 10. The minimum atomic E-state index is -4.84. The third kappa shape index (κ3) is 48.8. The number of aliphatic carboxylic acids is 2. The number of rotatable bonds is 12. The summed E-state index contributed by atoms with van der Waals surface area (Å²) in [6.07, 6.45) is 4.35. The van der Waals surface area contributed by atoms with E-state index in [1.54, 1.807) is 6.08 Å². The zero-order chi connectivity index (χ0) is 27.3. The fourth-order valence-corrected chi connectivity index (χ4v) is 2.15. The summed E-state index contributed by atoms with van der Waals surface area (Å²) in [6.45, 7) is 7.30. The molecule has 0 fully saturated rings. The molecule has 0 aromatic carbocycles. The largest absolute Gasteiger partial charge is 0.481 e. The highest BCUT2D eigenvalue weighted by Gasteiger charge is 2.33. The number of carboxylic acids is 2. The van der Waals surface area contributed by atoms with Crippen LogP contribution >= 0.6 is 0 Å². The minimum Gasteiger partial charge on any atom is -0.481 e. The molecule has 0 aliphatic heterocycles. The van der Waals surface area contributed by atoms with E-state index < -0.39 is 54.2 Å². The lowest BCUT2D eigenvalue weighted by Gasteiger charge is -2.04. The van der Waals surface area contributed by atoms with Gasteiger partial charge in [-0.1, -0.05) is 25.8 Å². The van der Waals surface area contributed by atoms with Crippen molar-refractivity contribution in [3.63, 3.8) is 0 Å². The molecule has 200 valence electrons. The molecule has 0 aliphatic carbocycles. The first-order chi connectivity index (χ1) is 14.7. The zero-order valence-corrected chi connectivity index (χ0v) is 20.1. The van der Waals surface area contributed by atoms with E-state index in [0.29, 0.717) is 6.61 Å². The van der Waals surface area contributed by atoms with Crippen molar-refractivity contribution in [2.45, 2.75) is 37.9 Å². The van der Waals surface area contributed by atoms with Crippen molar-refractivity contribution in [2.24, 2.45) is 5.73 Å². The first-order valence-electron chi connectivity index (χ1n) is 8.67. The number of carbonyl (C=O) groups is 2. The Morgan fingerprint density at radius 1 is 1.00 bits per heavy atom. The molecule has 33 heavy (non-hydrogen) atoms. The van der Waals surface area contributed by atoms with Gasteiger partial charge >= 0.3 is 22.3 Å². The van der Waals surface area contributed by atoms with Crippen LogP contribution < -0.4 is 5.73 Å². The van der Waals surface area contributed by atoms with Gasteiger partial charge in [0.15, 0.2) is 5.25 Å². The molecule has 0 amide bonds. The lowest BCUT2D eigenvalue weighted by atomic mass is 10.3. The van der Waals surface area contributed by atoms with Gasteiger partial charge in [-0.05, 0) is 6.42 Å². The number of carboxylic acid groups (broad SMARTS) is 2. The molecule has 0 saturated heterocycles. The maximum atomic E-state index is 10.2. The van der Waals surface area contributed by atoms with Crippen molar-refractivity contribution in [2.75, 3.05) is 25.5 Å². The van der Waals surface area contributed by atoms with Gasteiger partial charge in [0.1, 0.15) is 0 Å². The third-order valence-electron chi connectivity index (χ3n) is 2.50. The van der Waals surface area contributed by atoms with Gasteiger partial charge < -0.3 is 20.7 Å². The Bertz CT molecular complexity index is 842. The van der Waals surface area contributed by atoms with Crippen LogP contribution in [0.25, 0.3) is 0 Å². The van der Waals surface area contributed by atoms with E-state index in [0.717, 1.165) is 6.61 Å². The Kier molecular flexibility index (Phi) is 24.4. The number of ether oxygens (including phenoxy) is 1. The highest BCUT2D eigenvalue weighted by atomic mass is 32.3. The highest BCUT2D eigenvalue weighted by molar-refractivity contribution is 7.87. The molecule has 0 heterocycles. The average Bonchev–Trinajstić information content (AvgIpc) is 2.57. The van der Waals surface area contributed by atoms with E-state index >= 15 is 0 Å². The topological polar surface area (TPSA) is 293 Å². The smallest absolute Gasteiger partial charge is 0.394 e. The van der Waals surface area contributed by atoms with E-state index in [1.807, 2.05) is 0 Å². The summed E-state index contributed by atoms with van der Waals surface area (Å²) >= 11 is 0. The number of unbranched alkanes of at least 4 members (excludes halogenated alkanes) is 2. The normalized spacial score (nSPS) is 11.8. The fourth-order valence-electron chi connectivity index (χ4n) is 1.25. The van der Waals surface area contributed by atoms with Crippen LogP contribution in [0.1, 0.15) is 32.6 Å². The summed E-state index contributed by atoms with van der Waals surface area (Å²) in [4.78, 5) is 20.0. The van der Waals surface area contributed by atoms with Gasteiger partial charge in [0.2, 0.25) is 0 Å². The maximum Gasteiger partial charge on any atom is 0.394 e. The summed E-state index contributed by atoms with van der Waals surface area (Å²) in [5, 5.41) is 13.9. The fraction of sp³-hybridized carbons (Fsp3) is 0.714. The van der Waals surface area contributed by atoms with Crippen LogP contribution in [0.15, 0.2) is 12.7 Å². The molecular formula is C14H31NO15S3. The van der Waals surface area contributed by atoms with Crippen LogP contribution in [0.3, 0.4) is 0 Å². The van der Waals surface area contributed by atoms with Crippen molar-refractivity contribution in [1.82, 2.24) is 0 Å². The summed E-state index contributed by atoms with van der Waals surface area (Å²) in [5.74, 6) is -3.85. The average molecular weight is 550 g/mol. The van der Waals surface area contributed by atoms with Crippen molar-refractivity contribution in [3.05, 3.63) is 12.7 Å². The van der Waals surface area contributed by atoms with E-state index in [4.69, 9.17) is 47.3 Å². The molecule has 0 aliphatic rings. The quantitative estimate of drug-likeness (QED) is 0.0904. The molecule has 0 aromatic heterocycles. The monoisotopic (exact) mass is 549 g/mol. The Hall–Kier alpha value is -1.71. The van der Waals surface area contributed by atoms with Crippen LogP contribution in [0.4, 0.5) is 0 Å². The standard InChI is InChI=1S/C8H16O.C4H6O7S.C2H7NO3S.H2O4S/c1-3-5-6-8-9-7-4-2;5-3(6)1-2(4(7)8)12(9,10)11;3-1-2-7(4,5)6;1-5(2,3)4/h4H,2-3,5-8H2,1H3;2H,1H2,(H,5,6)(H,7,8)(H,9,10,11);1-3H2,(H,4,5,6);(H2,1,2,3,4). The van der Waals surface area contributed by atoms with Gasteiger partial charge in [0.25, 0.3) is 20.2 Å². The van der Waals surface area contributed by atoms with Crippen LogP contribution in [0, 0.1) is 0 Å². The molecule has 19 heteroatoms. The number of hydrogen-bond donors (Lipinski definition) is 7. The minimum absolute atomic E-state index is 0.0289. The molecule has 0 rings (SSSR count). The maximum absolute atomic E-state index is 10.2. The molecule has 0 saturated carbocycles.